The molecule has 0 atom stereocenters. The Morgan fingerprint density at radius 2 is 2.14 bits per heavy atom. The number of aromatic nitrogens is 1. The zero-order valence-corrected chi connectivity index (χ0v) is 7.98. The van der Waals surface area contributed by atoms with Crippen molar-refractivity contribution in [1.82, 2.24) is 4.98 Å². The molecule has 0 N–H and O–H groups in total. The van der Waals surface area contributed by atoms with Crippen molar-refractivity contribution in [2.24, 2.45) is 0 Å². The van der Waals surface area contributed by atoms with Crippen molar-refractivity contribution < 1.29 is 9.53 Å². The molecule has 0 radical (unpaired) electrons. The maximum atomic E-state index is 10.4. The largest absolute Gasteiger partial charge is 0.381 e. The Kier molecular flexibility index (Phi) is 2.89. The fourth-order valence-electron chi connectivity index (χ4n) is 1.76. The van der Waals surface area contributed by atoms with E-state index in [1.165, 1.54) is 5.56 Å². The molecule has 1 aromatic heterocycles. The molecule has 14 heavy (non-hydrogen) atoms. The molecule has 1 aliphatic rings. The van der Waals surface area contributed by atoms with E-state index < -0.39 is 0 Å². The minimum atomic E-state index is 0.501. The number of pyridine rings is 1. The van der Waals surface area contributed by atoms with E-state index >= 15 is 0 Å². The number of carbonyl (C=O) groups is 1. The molecule has 0 aliphatic carbocycles. The van der Waals surface area contributed by atoms with E-state index in [9.17, 15) is 4.79 Å². The monoisotopic (exact) mass is 191 g/mol. The van der Waals surface area contributed by atoms with E-state index in [4.69, 9.17) is 4.74 Å². The average Bonchev–Trinajstić information content (AvgIpc) is 2.30. The van der Waals surface area contributed by atoms with E-state index in [1.54, 1.807) is 12.3 Å². The first kappa shape index (κ1) is 9.34. The number of carbonyl (C=O) groups excluding carboxylic acids is 1. The van der Waals surface area contributed by atoms with Gasteiger partial charge in [-0.25, -0.2) is 0 Å². The summed E-state index contributed by atoms with van der Waals surface area (Å²) in [6.45, 7) is 1.67. The molecule has 3 heteroatoms. The molecule has 2 heterocycles. The Hall–Kier alpha value is -1.22. The van der Waals surface area contributed by atoms with Crippen LogP contribution in [0.25, 0.3) is 0 Å². The summed E-state index contributed by atoms with van der Waals surface area (Å²) in [6.07, 6.45) is 4.69. The zero-order valence-electron chi connectivity index (χ0n) is 7.98. The van der Waals surface area contributed by atoms with E-state index in [0.29, 0.717) is 11.6 Å². The average molecular weight is 191 g/mol. The first-order valence-electron chi connectivity index (χ1n) is 4.89. The molecule has 0 saturated carbocycles. The Morgan fingerprint density at radius 3 is 2.71 bits per heavy atom. The summed E-state index contributed by atoms with van der Waals surface area (Å²) < 4.78 is 5.29. The molecule has 74 valence electrons. The van der Waals surface area contributed by atoms with Crippen molar-refractivity contribution in [3.05, 3.63) is 29.6 Å². The summed E-state index contributed by atoms with van der Waals surface area (Å²) >= 11 is 0. The Morgan fingerprint density at radius 1 is 1.36 bits per heavy atom. The summed E-state index contributed by atoms with van der Waals surface area (Å²) in [5, 5.41) is 0. The molecule has 0 amide bonds. The number of hydrogen-bond acceptors (Lipinski definition) is 3. The van der Waals surface area contributed by atoms with E-state index in [1.807, 2.05) is 6.07 Å². The highest BCUT2D eigenvalue weighted by Crippen LogP contribution is 2.25. The molecule has 1 fully saturated rings. The summed E-state index contributed by atoms with van der Waals surface area (Å²) in [5.41, 5.74) is 1.72. The van der Waals surface area contributed by atoms with E-state index in [-0.39, 0.29) is 0 Å². The SMILES string of the molecule is O=Cc1ccc(C2CCOCC2)cn1. The number of hydrogen-bond donors (Lipinski definition) is 0. The highest BCUT2D eigenvalue weighted by Gasteiger charge is 2.15. The normalized spacial score (nSPS) is 18.0. The summed E-state index contributed by atoms with van der Waals surface area (Å²) in [4.78, 5) is 14.5. The molecular formula is C11H13NO2. The molecular weight excluding hydrogens is 178 g/mol. The van der Waals surface area contributed by atoms with Gasteiger partial charge in [-0.3, -0.25) is 9.78 Å². The van der Waals surface area contributed by atoms with Crippen LogP contribution in [-0.4, -0.2) is 24.5 Å². The maximum absolute atomic E-state index is 10.4. The number of nitrogens with zero attached hydrogens (tertiary/aromatic N) is 1. The van der Waals surface area contributed by atoms with Crippen molar-refractivity contribution in [2.75, 3.05) is 13.2 Å². The number of aldehydes is 1. The first-order valence-corrected chi connectivity index (χ1v) is 4.89. The van der Waals surface area contributed by atoms with Gasteiger partial charge in [0.25, 0.3) is 0 Å². The van der Waals surface area contributed by atoms with Gasteiger partial charge in [0.05, 0.1) is 0 Å². The quantitative estimate of drug-likeness (QED) is 0.669. The van der Waals surface area contributed by atoms with E-state index in [2.05, 4.69) is 4.98 Å². The predicted molar refractivity (Wildman–Crippen MR) is 52.4 cm³/mol. The third kappa shape index (κ3) is 1.99. The second-order valence-corrected chi connectivity index (χ2v) is 3.52. The van der Waals surface area contributed by atoms with Crippen molar-refractivity contribution in [1.29, 1.82) is 0 Å². The van der Waals surface area contributed by atoms with Crippen molar-refractivity contribution in [3.63, 3.8) is 0 Å². The fourth-order valence-corrected chi connectivity index (χ4v) is 1.76. The maximum Gasteiger partial charge on any atom is 0.168 e. The minimum Gasteiger partial charge on any atom is -0.381 e. The molecule has 0 aromatic carbocycles. The molecule has 2 rings (SSSR count). The third-order valence-corrected chi connectivity index (χ3v) is 2.62. The summed E-state index contributed by atoms with van der Waals surface area (Å²) in [7, 11) is 0. The van der Waals surface area contributed by atoms with Gasteiger partial charge >= 0.3 is 0 Å². The Labute approximate surface area is 83.1 Å². The lowest BCUT2D eigenvalue weighted by Crippen LogP contribution is -2.14. The fraction of sp³-hybridized carbons (Fsp3) is 0.455. The van der Waals surface area contributed by atoms with Gasteiger partial charge in [-0.15, -0.1) is 0 Å². The highest BCUT2D eigenvalue weighted by atomic mass is 16.5. The standard InChI is InChI=1S/C11H13NO2/c13-8-11-2-1-10(7-12-11)9-3-5-14-6-4-9/h1-2,7-9H,3-6H2. The molecule has 1 saturated heterocycles. The lowest BCUT2D eigenvalue weighted by atomic mass is 9.93. The van der Waals surface area contributed by atoms with Crippen LogP contribution in [0.5, 0.6) is 0 Å². The predicted octanol–water partition coefficient (Wildman–Crippen LogP) is 1.79. The zero-order chi connectivity index (χ0) is 9.80. The Bertz CT molecular complexity index is 302. The van der Waals surface area contributed by atoms with Gasteiger partial charge in [-0.1, -0.05) is 6.07 Å². The molecule has 0 bridgehead atoms. The van der Waals surface area contributed by atoms with Gasteiger partial charge in [0.2, 0.25) is 0 Å². The topological polar surface area (TPSA) is 39.2 Å². The van der Waals surface area contributed by atoms with Gasteiger partial charge < -0.3 is 4.74 Å². The van der Waals surface area contributed by atoms with Gasteiger partial charge in [0.1, 0.15) is 5.69 Å². The van der Waals surface area contributed by atoms with Crippen LogP contribution in [0, 0.1) is 0 Å². The molecule has 1 aliphatic heterocycles. The van der Waals surface area contributed by atoms with Gasteiger partial charge in [0, 0.05) is 19.4 Å². The van der Waals surface area contributed by atoms with Crippen molar-refractivity contribution in [3.8, 4) is 0 Å². The number of rotatable bonds is 2. The first-order chi connectivity index (χ1) is 6.90. The van der Waals surface area contributed by atoms with Crippen molar-refractivity contribution >= 4 is 6.29 Å². The van der Waals surface area contributed by atoms with Gasteiger partial charge in [-0.05, 0) is 30.4 Å². The van der Waals surface area contributed by atoms with Crippen LogP contribution in [0.15, 0.2) is 18.3 Å². The van der Waals surface area contributed by atoms with Crippen LogP contribution in [-0.2, 0) is 4.74 Å². The smallest absolute Gasteiger partial charge is 0.168 e. The minimum absolute atomic E-state index is 0.501. The highest BCUT2D eigenvalue weighted by molar-refractivity contribution is 5.71. The lowest BCUT2D eigenvalue weighted by Gasteiger charge is -2.21. The number of ether oxygens (including phenoxy) is 1. The second-order valence-electron chi connectivity index (χ2n) is 3.52. The van der Waals surface area contributed by atoms with Crippen LogP contribution in [0.3, 0.4) is 0 Å². The summed E-state index contributed by atoms with van der Waals surface area (Å²) in [5.74, 6) is 0.553. The lowest BCUT2D eigenvalue weighted by molar-refractivity contribution is 0.0852. The van der Waals surface area contributed by atoms with Crippen LogP contribution in [0.4, 0.5) is 0 Å². The van der Waals surface area contributed by atoms with Crippen LogP contribution < -0.4 is 0 Å². The van der Waals surface area contributed by atoms with Gasteiger partial charge in [0.15, 0.2) is 6.29 Å². The molecule has 1 aromatic rings. The summed E-state index contributed by atoms with van der Waals surface area (Å²) in [6, 6.07) is 3.77. The molecule has 3 nitrogen and oxygen atoms in total. The Balaban J connectivity index is 2.11. The van der Waals surface area contributed by atoms with E-state index in [0.717, 1.165) is 32.3 Å². The van der Waals surface area contributed by atoms with Gasteiger partial charge in [-0.2, -0.15) is 0 Å². The van der Waals surface area contributed by atoms with Crippen LogP contribution in [0.2, 0.25) is 0 Å². The molecule has 0 unspecified atom stereocenters. The molecule has 0 spiro atoms. The van der Waals surface area contributed by atoms with Crippen molar-refractivity contribution in [2.45, 2.75) is 18.8 Å². The third-order valence-electron chi connectivity index (χ3n) is 2.62. The second kappa shape index (κ2) is 4.33. The van der Waals surface area contributed by atoms with Crippen LogP contribution >= 0.6 is 0 Å². The van der Waals surface area contributed by atoms with Crippen LogP contribution in [0.1, 0.15) is 34.8 Å².